The molecule has 0 aliphatic carbocycles. The zero-order valence-electron chi connectivity index (χ0n) is 57.4. The van der Waals surface area contributed by atoms with E-state index in [-0.39, 0.29) is 93.0 Å². The molecule has 0 bridgehead atoms. The van der Waals surface area contributed by atoms with Gasteiger partial charge in [0.25, 0.3) is 17.7 Å². The molecule has 6 aromatic heterocycles. The zero-order chi connectivity index (χ0) is 73.6. The van der Waals surface area contributed by atoms with Gasteiger partial charge in [0, 0.05) is 131 Å². The maximum Gasteiger partial charge on any atom is 0.271 e. The Morgan fingerprint density at radius 2 is 0.623 bits per heavy atom. The highest BCUT2D eigenvalue weighted by Crippen LogP contribution is 2.35. The number of anilines is 3. The average molecular weight is 1420 g/mol. The SMILES string of the molecule is O=C(Cc1c[nH]c2ccccc12)N[C@@H](CCCNC(=O)c1cnccn1)C(=O)Nc1ccc(C(c2ccc(NC(=O)[C@H](CCCNC(=O)c3cnccn3)NC(=O)Cc3c[nH]c4ccccc34)cc2)c2ccc(NC(=O)[C@H](CCCNC(=O)c3cnccn3)NC(=O)Cc3c[nH]c4ccccc34)cc2)cc1. The number of H-pyrrole nitrogens is 3. The highest BCUT2D eigenvalue weighted by Gasteiger charge is 2.27. The summed E-state index contributed by atoms with van der Waals surface area (Å²) in [6.07, 6.45) is 19.4. The van der Waals surface area contributed by atoms with Crippen LogP contribution in [0.15, 0.2) is 220 Å². The van der Waals surface area contributed by atoms with Gasteiger partial charge in [-0.05, 0) is 127 Å². The first-order chi connectivity index (χ1) is 51.7. The smallest absolute Gasteiger partial charge is 0.271 e. The van der Waals surface area contributed by atoms with Crippen LogP contribution >= 0.6 is 0 Å². The van der Waals surface area contributed by atoms with Crippen LogP contribution in [0, 0.1) is 0 Å². The lowest BCUT2D eigenvalue weighted by Crippen LogP contribution is -2.44. The summed E-state index contributed by atoms with van der Waals surface area (Å²) in [4.78, 5) is 157. The molecule has 0 spiro atoms. The van der Waals surface area contributed by atoms with Crippen molar-refractivity contribution in [2.75, 3.05) is 35.6 Å². The van der Waals surface area contributed by atoms with Gasteiger partial charge in [0.1, 0.15) is 35.2 Å². The number of carbonyl (C=O) groups excluding carboxylic acids is 9. The number of nitrogens with zero attached hydrogens (tertiary/aromatic N) is 6. The maximum atomic E-state index is 14.4. The fourth-order valence-electron chi connectivity index (χ4n) is 12.5. The molecule has 0 fully saturated rings. The molecule has 0 saturated heterocycles. The molecule has 6 heterocycles. The van der Waals surface area contributed by atoms with Crippen LogP contribution in [-0.2, 0) is 48.0 Å². The largest absolute Gasteiger partial charge is 0.361 e. The molecule has 27 nitrogen and oxygen atoms in total. The van der Waals surface area contributed by atoms with E-state index in [4.69, 9.17) is 0 Å². The van der Waals surface area contributed by atoms with Crippen LogP contribution in [0.4, 0.5) is 17.1 Å². The number of para-hydroxylation sites is 3. The molecule has 6 aromatic carbocycles. The molecule has 0 saturated carbocycles. The van der Waals surface area contributed by atoms with Crippen LogP contribution in [0.3, 0.4) is 0 Å². The minimum Gasteiger partial charge on any atom is -0.361 e. The van der Waals surface area contributed by atoms with Crippen LogP contribution in [0.5, 0.6) is 0 Å². The van der Waals surface area contributed by atoms with E-state index in [0.29, 0.717) is 36.3 Å². The topological polar surface area (TPSA) is 387 Å². The summed E-state index contributed by atoms with van der Waals surface area (Å²) in [6.45, 7) is 0.528. The number of nitrogens with one attached hydrogen (secondary N) is 12. The molecular formula is C79H76N18O9. The molecular weight excluding hydrogens is 1340 g/mol. The van der Waals surface area contributed by atoms with E-state index in [9.17, 15) is 43.2 Å². The number of aromatic nitrogens is 9. The third-order valence-electron chi connectivity index (χ3n) is 17.8. The van der Waals surface area contributed by atoms with Gasteiger partial charge in [0.15, 0.2) is 0 Å². The Hall–Kier alpha value is -13.6. The van der Waals surface area contributed by atoms with Gasteiger partial charge in [-0.1, -0.05) is 91.0 Å². The standard InChI is InChI=1S/C79H76N18O9/c98-70(40-52-43-89-61-13-4-1-10-58(52)61)95-64(16-7-31-86-74(101)67-46-80-34-37-83-67)77(104)92-55-25-19-49(20-26-55)73(50-21-27-56(28-22-50)93-78(105)65(17-8-32-87-75(102)68-47-81-35-38-84-68)96-71(99)41-53-44-90-62-14-5-2-11-59(53)62)51-23-29-57(30-24-51)94-79(106)66(18-9-33-88-76(103)69-48-82-36-39-85-69)97-72(100)42-54-45-91-63-15-6-3-12-60(54)63/h1-6,10-15,19-30,34-39,43-48,64-66,73,89-91H,7-9,16-18,31-33,40-42H2,(H,86,101)(H,87,102)(H,88,103)(H,92,104)(H,93,105)(H,94,106)(H,95,98)(H,96,99)(H,97,100)/t64-,65-,66-/m0/s1. The first kappa shape index (κ1) is 72.2. The van der Waals surface area contributed by atoms with E-state index in [1.165, 1.54) is 55.8 Å². The van der Waals surface area contributed by atoms with E-state index in [0.717, 1.165) is 66.1 Å². The van der Waals surface area contributed by atoms with E-state index in [2.05, 4.69) is 92.7 Å². The fourth-order valence-corrected chi connectivity index (χ4v) is 12.5. The van der Waals surface area contributed by atoms with Crippen LogP contribution in [0.1, 0.15) is 109 Å². The van der Waals surface area contributed by atoms with Gasteiger partial charge in [-0.15, -0.1) is 0 Å². The second kappa shape index (κ2) is 35.3. The number of hydrogen-bond acceptors (Lipinski definition) is 15. The highest BCUT2D eigenvalue weighted by atomic mass is 16.2. The summed E-state index contributed by atoms with van der Waals surface area (Å²) < 4.78 is 0. The normalized spacial score (nSPS) is 12.0. The summed E-state index contributed by atoms with van der Waals surface area (Å²) in [6, 6.07) is 41.4. The Labute approximate surface area is 607 Å². The van der Waals surface area contributed by atoms with Crippen molar-refractivity contribution in [1.82, 2.24) is 76.8 Å². The predicted octanol–water partition coefficient (Wildman–Crippen LogP) is 8.31. The molecule has 0 aliphatic heterocycles. The van der Waals surface area contributed by atoms with Crippen molar-refractivity contribution >= 4 is 103 Å². The summed E-state index contributed by atoms with van der Waals surface area (Å²) in [5.74, 6) is -4.44. The lowest BCUT2D eigenvalue weighted by Gasteiger charge is -2.22. The van der Waals surface area contributed by atoms with Gasteiger partial charge >= 0.3 is 0 Å². The first-order valence-electron chi connectivity index (χ1n) is 34.6. The summed E-state index contributed by atoms with van der Waals surface area (Å²) in [5.41, 5.74) is 8.82. The molecule has 0 radical (unpaired) electrons. The highest BCUT2D eigenvalue weighted by molar-refractivity contribution is 6.01. The number of aromatic amines is 3. The van der Waals surface area contributed by atoms with Crippen molar-refractivity contribution in [2.45, 2.75) is 81.8 Å². The minimum atomic E-state index is -1.02. The van der Waals surface area contributed by atoms with Crippen LogP contribution in [0.25, 0.3) is 32.7 Å². The molecule has 9 amide bonds. The summed E-state index contributed by atoms with van der Waals surface area (Å²) in [5, 5.41) is 28.8. The van der Waals surface area contributed by atoms with Crippen molar-refractivity contribution in [3.63, 3.8) is 0 Å². The van der Waals surface area contributed by atoms with Crippen LogP contribution in [-0.4, -0.2) is 136 Å². The van der Waals surface area contributed by atoms with E-state index < -0.39 is 59.5 Å². The predicted molar refractivity (Wildman–Crippen MR) is 399 cm³/mol. The maximum absolute atomic E-state index is 14.4. The van der Waals surface area contributed by atoms with Gasteiger partial charge in [0.05, 0.1) is 37.9 Å². The Balaban J connectivity index is 0.779. The van der Waals surface area contributed by atoms with Gasteiger partial charge in [0.2, 0.25) is 35.4 Å². The third-order valence-corrected chi connectivity index (χ3v) is 17.8. The Kier molecular flexibility index (Phi) is 24.1. The average Bonchev–Trinajstić information content (AvgIpc) is 1.15. The fraction of sp³-hybridized carbons (Fsp3) is 0.203. The van der Waals surface area contributed by atoms with Crippen LogP contribution < -0.4 is 47.9 Å². The molecule has 12 rings (SSSR count). The van der Waals surface area contributed by atoms with Gasteiger partial charge < -0.3 is 62.8 Å². The lowest BCUT2D eigenvalue weighted by molar-refractivity contribution is -0.126. The van der Waals surface area contributed by atoms with Crippen molar-refractivity contribution in [3.8, 4) is 0 Å². The Bertz CT molecular complexity index is 4550. The first-order valence-corrected chi connectivity index (χ1v) is 34.6. The van der Waals surface area contributed by atoms with E-state index >= 15 is 0 Å². The minimum absolute atomic E-state index is 0.00472. The number of amides is 9. The summed E-state index contributed by atoms with van der Waals surface area (Å²) >= 11 is 0. The molecule has 12 N–H and O–H groups in total. The van der Waals surface area contributed by atoms with Crippen molar-refractivity contribution in [1.29, 1.82) is 0 Å². The number of fused-ring (bicyclic) bond motifs is 3. The summed E-state index contributed by atoms with van der Waals surface area (Å²) in [7, 11) is 0. The molecule has 0 unspecified atom stereocenters. The van der Waals surface area contributed by atoms with Crippen LogP contribution in [0.2, 0.25) is 0 Å². The monoisotopic (exact) mass is 1420 g/mol. The Morgan fingerprint density at radius 3 is 0.896 bits per heavy atom. The van der Waals surface area contributed by atoms with Gasteiger partial charge in [-0.25, -0.2) is 15.0 Å². The van der Waals surface area contributed by atoms with E-state index in [1.807, 2.05) is 109 Å². The molecule has 12 aromatic rings. The molecule has 0 aliphatic rings. The Morgan fingerprint density at radius 1 is 0.340 bits per heavy atom. The third kappa shape index (κ3) is 19.3. The molecule has 536 valence electrons. The second-order valence-corrected chi connectivity index (χ2v) is 25.2. The number of benzene rings is 6. The van der Waals surface area contributed by atoms with Crippen molar-refractivity contribution in [2.24, 2.45) is 0 Å². The second-order valence-electron chi connectivity index (χ2n) is 25.2. The molecule has 3 atom stereocenters. The number of hydrogen-bond donors (Lipinski definition) is 12. The number of rotatable bonds is 33. The lowest BCUT2D eigenvalue weighted by atomic mass is 9.85. The molecule has 106 heavy (non-hydrogen) atoms. The molecule has 27 heteroatoms. The van der Waals surface area contributed by atoms with Gasteiger partial charge in [-0.3, -0.25) is 58.1 Å². The van der Waals surface area contributed by atoms with E-state index in [1.54, 1.807) is 55.0 Å². The van der Waals surface area contributed by atoms with Gasteiger partial charge in [-0.2, -0.15) is 0 Å². The number of carbonyl (C=O) groups is 9. The van der Waals surface area contributed by atoms with Crippen molar-refractivity contribution in [3.05, 3.63) is 270 Å². The quantitative estimate of drug-likeness (QED) is 0.0136. The zero-order valence-corrected chi connectivity index (χ0v) is 57.4. The van der Waals surface area contributed by atoms with Crippen molar-refractivity contribution < 1.29 is 43.2 Å².